The van der Waals surface area contributed by atoms with Gasteiger partial charge in [0.05, 0.1) is 18.4 Å². The van der Waals surface area contributed by atoms with Crippen molar-refractivity contribution in [1.29, 1.82) is 0 Å². The monoisotopic (exact) mass is 304 g/mol. The molecule has 0 amide bonds. The van der Waals surface area contributed by atoms with Gasteiger partial charge in [-0.1, -0.05) is 0 Å². The molecule has 2 heterocycles. The first kappa shape index (κ1) is 14.9. The topological polar surface area (TPSA) is 115 Å². The molecule has 1 aromatic rings. The van der Waals surface area contributed by atoms with Gasteiger partial charge in [-0.2, -0.15) is 14.2 Å². The molecule has 2 rings (SSSR count). The van der Waals surface area contributed by atoms with Gasteiger partial charge in [-0.15, -0.1) is 5.10 Å². The highest BCUT2D eigenvalue weighted by Crippen LogP contribution is 2.26. The van der Waals surface area contributed by atoms with Gasteiger partial charge in [-0.25, -0.2) is 8.42 Å². The van der Waals surface area contributed by atoms with Crippen LogP contribution in [0.1, 0.15) is 13.8 Å². The predicted molar refractivity (Wildman–Crippen MR) is 66.3 cm³/mol. The Hall–Kier alpha value is -1.52. The van der Waals surface area contributed by atoms with E-state index in [1.54, 1.807) is 13.8 Å². The Labute approximate surface area is 116 Å². The molecule has 1 aliphatic rings. The maximum atomic E-state index is 12.5. The van der Waals surface area contributed by atoms with Gasteiger partial charge in [-0.3, -0.25) is 4.79 Å². The number of carboxylic acids is 1. The van der Waals surface area contributed by atoms with Crippen LogP contribution in [0.25, 0.3) is 0 Å². The average molecular weight is 304 g/mol. The third-order valence-electron chi connectivity index (χ3n) is 2.95. The van der Waals surface area contributed by atoms with Gasteiger partial charge in [-0.05, 0) is 13.8 Å². The number of nitrogens with zero attached hydrogens (tertiary/aromatic N) is 4. The molecule has 0 radical (unpaired) electrons. The SMILES string of the molecule is Cn1ncc(S(=O)(=O)N2CC(C)(C)OCC2C(=O)O)n1. The van der Waals surface area contributed by atoms with E-state index in [2.05, 4.69) is 10.2 Å². The van der Waals surface area contributed by atoms with Crippen molar-refractivity contribution in [1.82, 2.24) is 19.3 Å². The van der Waals surface area contributed by atoms with Crippen molar-refractivity contribution >= 4 is 16.0 Å². The molecule has 20 heavy (non-hydrogen) atoms. The van der Waals surface area contributed by atoms with Crippen molar-refractivity contribution in [3.63, 3.8) is 0 Å². The fourth-order valence-electron chi connectivity index (χ4n) is 1.93. The molecule has 0 bridgehead atoms. The number of hydrogen-bond donors (Lipinski definition) is 1. The zero-order chi connectivity index (χ0) is 15.1. The lowest BCUT2D eigenvalue weighted by atomic mass is 10.1. The second kappa shape index (κ2) is 4.79. The molecule has 1 N–H and O–H groups in total. The Balaban J connectivity index is 2.42. The van der Waals surface area contributed by atoms with Crippen molar-refractivity contribution in [3.05, 3.63) is 6.20 Å². The quantitative estimate of drug-likeness (QED) is 0.767. The van der Waals surface area contributed by atoms with Crippen LogP contribution in [0, 0.1) is 0 Å². The number of morpholine rings is 1. The molecule has 112 valence electrons. The second-order valence-corrected chi connectivity index (χ2v) is 6.98. The van der Waals surface area contributed by atoms with Crippen LogP contribution < -0.4 is 0 Å². The van der Waals surface area contributed by atoms with Gasteiger partial charge < -0.3 is 9.84 Å². The van der Waals surface area contributed by atoms with E-state index < -0.39 is 27.6 Å². The van der Waals surface area contributed by atoms with Crippen LogP contribution >= 0.6 is 0 Å². The lowest BCUT2D eigenvalue weighted by molar-refractivity contribution is -0.154. The molecule has 1 unspecified atom stereocenters. The first-order chi connectivity index (χ1) is 9.13. The van der Waals surface area contributed by atoms with E-state index >= 15 is 0 Å². The van der Waals surface area contributed by atoms with E-state index in [0.29, 0.717) is 0 Å². The summed E-state index contributed by atoms with van der Waals surface area (Å²) >= 11 is 0. The average Bonchev–Trinajstić information content (AvgIpc) is 2.75. The predicted octanol–water partition coefficient (Wildman–Crippen LogP) is -0.932. The van der Waals surface area contributed by atoms with E-state index in [-0.39, 0.29) is 18.2 Å². The minimum Gasteiger partial charge on any atom is -0.480 e. The number of sulfonamides is 1. The van der Waals surface area contributed by atoms with Crippen LogP contribution in [0.3, 0.4) is 0 Å². The summed E-state index contributed by atoms with van der Waals surface area (Å²) in [6, 6.07) is -1.27. The van der Waals surface area contributed by atoms with Crippen molar-refractivity contribution in [2.24, 2.45) is 7.05 Å². The lowest BCUT2D eigenvalue weighted by Gasteiger charge is -2.40. The summed E-state index contributed by atoms with van der Waals surface area (Å²) in [6.07, 6.45) is 1.09. The number of rotatable bonds is 3. The van der Waals surface area contributed by atoms with E-state index in [9.17, 15) is 13.2 Å². The van der Waals surface area contributed by atoms with Gasteiger partial charge in [0.1, 0.15) is 6.04 Å². The molecule has 1 fully saturated rings. The van der Waals surface area contributed by atoms with Crippen LogP contribution in [0.2, 0.25) is 0 Å². The van der Waals surface area contributed by atoms with Crippen LogP contribution in [0.5, 0.6) is 0 Å². The maximum absolute atomic E-state index is 12.5. The highest BCUT2D eigenvalue weighted by molar-refractivity contribution is 7.89. The molecule has 0 aliphatic carbocycles. The molecular weight excluding hydrogens is 288 g/mol. The Bertz CT molecular complexity index is 623. The third-order valence-corrected chi connectivity index (χ3v) is 4.67. The second-order valence-electron chi connectivity index (χ2n) is 5.15. The van der Waals surface area contributed by atoms with Gasteiger partial charge in [0, 0.05) is 13.6 Å². The summed E-state index contributed by atoms with van der Waals surface area (Å²) in [5, 5.41) is 16.3. The molecule has 0 aromatic carbocycles. The molecule has 0 spiro atoms. The number of aliphatic carboxylic acids is 1. The first-order valence-electron chi connectivity index (χ1n) is 5.88. The number of aromatic nitrogens is 3. The Morgan fingerprint density at radius 2 is 2.20 bits per heavy atom. The van der Waals surface area contributed by atoms with Crippen LogP contribution in [-0.2, 0) is 26.6 Å². The molecule has 0 saturated carbocycles. The number of carboxylic acid groups (broad SMARTS) is 1. The number of carbonyl (C=O) groups is 1. The zero-order valence-corrected chi connectivity index (χ0v) is 12.2. The van der Waals surface area contributed by atoms with Gasteiger partial charge in [0.25, 0.3) is 10.0 Å². The lowest BCUT2D eigenvalue weighted by Crippen LogP contribution is -2.58. The molecule has 1 saturated heterocycles. The van der Waals surface area contributed by atoms with E-state index in [1.165, 1.54) is 7.05 Å². The Kier molecular flexibility index (Phi) is 3.56. The minimum atomic E-state index is -4.03. The molecule has 9 nitrogen and oxygen atoms in total. The van der Waals surface area contributed by atoms with E-state index in [1.807, 2.05) is 0 Å². The number of hydrogen-bond acceptors (Lipinski definition) is 6. The van der Waals surface area contributed by atoms with Crippen molar-refractivity contribution in [2.75, 3.05) is 13.2 Å². The van der Waals surface area contributed by atoms with Crippen LogP contribution in [0.15, 0.2) is 11.2 Å². The molecule has 1 aliphatic heterocycles. The zero-order valence-electron chi connectivity index (χ0n) is 11.3. The standard InChI is InChI=1S/C10H16N4O5S/c1-10(2)6-14(7(5-19-10)9(15)16)20(17,18)8-4-11-13(3)12-8/h4,7H,5-6H2,1-3H3,(H,15,16). The summed E-state index contributed by atoms with van der Waals surface area (Å²) in [5.74, 6) is -1.26. The summed E-state index contributed by atoms with van der Waals surface area (Å²) in [4.78, 5) is 12.3. The van der Waals surface area contributed by atoms with Crippen LogP contribution in [-0.4, -0.2) is 63.6 Å². The Morgan fingerprint density at radius 1 is 1.55 bits per heavy atom. The van der Waals surface area contributed by atoms with Crippen molar-refractivity contribution in [2.45, 2.75) is 30.5 Å². The summed E-state index contributed by atoms with van der Waals surface area (Å²) < 4.78 is 31.3. The fourth-order valence-corrected chi connectivity index (χ4v) is 3.54. The van der Waals surface area contributed by atoms with E-state index in [4.69, 9.17) is 9.84 Å². The summed E-state index contributed by atoms with van der Waals surface area (Å²) in [5.41, 5.74) is -0.763. The summed E-state index contributed by atoms with van der Waals surface area (Å²) in [7, 11) is -2.55. The maximum Gasteiger partial charge on any atom is 0.324 e. The normalized spacial score (nSPS) is 23.6. The Morgan fingerprint density at radius 3 is 2.70 bits per heavy atom. The number of aryl methyl sites for hydroxylation is 1. The minimum absolute atomic E-state index is 0.0666. The first-order valence-corrected chi connectivity index (χ1v) is 7.32. The van der Waals surface area contributed by atoms with Crippen molar-refractivity contribution in [3.8, 4) is 0 Å². The molecule has 1 aromatic heterocycles. The van der Waals surface area contributed by atoms with Gasteiger partial charge in [0.15, 0.2) is 0 Å². The largest absolute Gasteiger partial charge is 0.480 e. The van der Waals surface area contributed by atoms with Crippen molar-refractivity contribution < 1.29 is 23.1 Å². The highest BCUT2D eigenvalue weighted by Gasteiger charge is 2.45. The number of ether oxygens (including phenoxy) is 1. The van der Waals surface area contributed by atoms with Gasteiger partial charge in [0.2, 0.25) is 5.03 Å². The molecule has 10 heteroatoms. The smallest absolute Gasteiger partial charge is 0.324 e. The molecule has 1 atom stereocenters. The fraction of sp³-hybridized carbons (Fsp3) is 0.700. The third kappa shape index (κ3) is 2.67. The summed E-state index contributed by atoms with van der Waals surface area (Å²) in [6.45, 7) is 3.12. The highest BCUT2D eigenvalue weighted by atomic mass is 32.2. The molecular formula is C10H16N4O5S. The van der Waals surface area contributed by atoms with Crippen LogP contribution in [0.4, 0.5) is 0 Å². The van der Waals surface area contributed by atoms with E-state index in [0.717, 1.165) is 15.3 Å². The van der Waals surface area contributed by atoms with Gasteiger partial charge >= 0.3 is 5.97 Å².